The second kappa shape index (κ2) is 10.2. The summed E-state index contributed by atoms with van der Waals surface area (Å²) >= 11 is 0. The highest BCUT2D eigenvalue weighted by atomic mass is 32.2. The van der Waals surface area contributed by atoms with Gasteiger partial charge in [0.05, 0.1) is 17.5 Å². The summed E-state index contributed by atoms with van der Waals surface area (Å²) in [5.41, 5.74) is 1.98. The molecule has 0 aliphatic carbocycles. The van der Waals surface area contributed by atoms with Gasteiger partial charge in [0.2, 0.25) is 0 Å². The lowest BCUT2D eigenvalue weighted by molar-refractivity contribution is -0.0605. The summed E-state index contributed by atoms with van der Waals surface area (Å²) in [6.45, 7) is 6.72. The Morgan fingerprint density at radius 2 is 1.84 bits per heavy atom. The lowest BCUT2D eigenvalue weighted by Gasteiger charge is -2.38. The quantitative estimate of drug-likeness (QED) is 0.544. The largest absolute Gasteiger partial charge is 0.367 e. The molecule has 1 heterocycles. The molecule has 1 N–H and O–H groups in total. The van der Waals surface area contributed by atoms with Gasteiger partial charge in [-0.15, -0.1) is 0 Å². The zero-order chi connectivity index (χ0) is 22.4. The van der Waals surface area contributed by atoms with E-state index in [2.05, 4.69) is 10.2 Å². The predicted molar refractivity (Wildman–Crippen MR) is 120 cm³/mol. The number of benzene rings is 2. The molecule has 6 nitrogen and oxygen atoms in total. The number of halogens is 1. The van der Waals surface area contributed by atoms with E-state index >= 15 is 0 Å². The number of morpholine rings is 1. The first-order valence-electron chi connectivity index (χ1n) is 10.5. The van der Waals surface area contributed by atoms with Crippen LogP contribution in [0.4, 0.5) is 4.39 Å². The molecule has 0 amide bonds. The average molecular weight is 448 g/mol. The van der Waals surface area contributed by atoms with E-state index < -0.39 is 9.84 Å². The fourth-order valence-corrected chi connectivity index (χ4v) is 4.24. The van der Waals surface area contributed by atoms with Crippen LogP contribution in [0.25, 0.3) is 0 Å². The van der Waals surface area contributed by atoms with Gasteiger partial charge in [-0.2, -0.15) is 0 Å². The van der Waals surface area contributed by atoms with Crippen molar-refractivity contribution in [1.82, 2.24) is 10.2 Å². The number of ether oxygens (including phenoxy) is 1. The lowest BCUT2D eigenvalue weighted by atomic mass is 10.1. The highest BCUT2D eigenvalue weighted by Crippen LogP contribution is 2.25. The molecule has 2 aromatic carbocycles. The zero-order valence-electron chi connectivity index (χ0n) is 18.2. The fraction of sp³-hybridized carbons (Fsp3) is 0.435. The topological polar surface area (TPSA) is 71.0 Å². The average Bonchev–Trinajstić information content (AvgIpc) is 2.73. The number of hydrogen-bond acceptors (Lipinski definition) is 4. The molecular weight excluding hydrogens is 417 g/mol. The second-order valence-electron chi connectivity index (χ2n) is 7.79. The molecule has 31 heavy (non-hydrogen) atoms. The summed E-state index contributed by atoms with van der Waals surface area (Å²) in [5, 5.41) is 3.35. The fourth-order valence-electron chi connectivity index (χ4n) is 3.61. The van der Waals surface area contributed by atoms with Crippen LogP contribution in [0.5, 0.6) is 0 Å². The Labute approximate surface area is 184 Å². The predicted octanol–water partition coefficient (Wildman–Crippen LogP) is 3.20. The third kappa shape index (κ3) is 6.51. The third-order valence-electron chi connectivity index (χ3n) is 5.15. The van der Waals surface area contributed by atoms with Crippen molar-refractivity contribution in [3.63, 3.8) is 0 Å². The number of sulfone groups is 1. The van der Waals surface area contributed by atoms with Gasteiger partial charge >= 0.3 is 0 Å². The van der Waals surface area contributed by atoms with Gasteiger partial charge in [-0.25, -0.2) is 12.8 Å². The van der Waals surface area contributed by atoms with Crippen molar-refractivity contribution < 1.29 is 17.5 Å². The molecule has 2 aromatic rings. The van der Waals surface area contributed by atoms with Crippen LogP contribution < -0.4 is 5.32 Å². The van der Waals surface area contributed by atoms with E-state index in [1.165, 1.54) is 18.4 Å². The van der Waals surface area contributed by atoms with Crippen LogP contribution in [0.2, 0.25) is 0 Å². The van der Waals surface area contributed by atoms with E-state index in [1.54, 1.807) is 24.3 Å². The molecule has 0 saturated carbocycles. The van der Waals surface area contributed by atoms with Gasteiger partial charge in [-0.05, 0) is 55.7 Å². The number of nitrogens with one attached hydrogen (secondary N) is 1. The molecule has 168 valence electrons. The zero-order valence-corrected chi connectivity index (χ0v) is 19.0. The molecule has 1 aliphatic heterocycles. The van der Waals surface area contributed by atoms with Crippen molar-refractivity contribution in [1.29, 1.82) is 0 Å². The molecule has 0 aromatic heterocycles. The molecule has 3 rings (SSSR count). The Balaban J connectivity index is 1.68. The second-order valence-corrected chi connectivity index (χ2v) is 9.81. The Hall–Kier alpha value is -2.45. The van der Waals surface area contributed by atoms with Crippen LogP contribution in [-0.2, 0) is 21.0 Å². The molecule has 2 atom stereocenters. The van der Waals surface area contributed by atoms with E-state index in [0.29, 0.717) is 31.0 Å². The van der Waals surface area contributed by atoms with Gasteiger partial charge in [0.1, 0.15) is 11.9 Å². The minimum Gasteiger partial charge on any atom is -0.367 e. The van der Waals surface area contributed by atoms with Crippen molar-refractivity contribution in [3.05, 3.63) is 65.5 Å². The first kappa shape index (κ1) is 23.2. The summed E-state index contributed by atoms with van der Waals surface area (Å²) in [5.74, 6) is 0.557. The molecule has 0 bridgehead atoms. The lowest BCUT2D eigenvalue weighted by Crippen LogP contribution is -2.50. The summed E-state index contributed by atoms with van der Waals surface area (Å²) in [4.78, 5) is 7.28. The van der Waals surface area contributed by atoms with Crippen LogP contribution in [0.3, 0.4) is 0 Å². The van der Waals surface area contributed by atoms with E-state index in [1.807, 2.05) is 26.0 Å². The van der Waals surface area contributed by atoms with Gasteiger partial charge in [-0.3, -0.25) is 4.99 Å². The third-order valence-corrected chi connectivity index (χ3v) is 6.28. The van der Waals surface area contributed by atoms with Crippen molar-refractivity contribution >= 4 is 15.8 Å². The van der Waals surface area contributed by atoms with Crippen molar-refractivity contribution in [2.75, 3.05) is 32.4 Å². The van der Waals surface area contributed by atoms with Gasteiger partial charge in [-0.1, -0.05) is 24.3 Å². The number of aliphatic imine (C=N–C) groups is 1. The molecule has 1 fully saturated rings. The van der Waals surface area contributed by atoms with Gasteiger partial charge in [0, 0.05) is 25.9 Å². The van der Waals surface area contributed by atoms with E-state index in [4.69, 9.17) is 9.73 Å². The standard InChI is InChI=1S/C23H30FN3O3S/c1-4-25-23(26-14-13-18-5-11-21(12-6-18)31(3,28)29)27-15-17(2)30-22(16-27)19-7-9-20(24)10-8-19/h5-12,17,22H,4,13-16H2,1-3H3,(H,25,26). The summed E-state index contributed by atoms with van der Waals surface area (Å²) in [6.07, 6.45) is 1.77. The van der Waals surface area contributed by atoms with Crippen LogP contribution >= 0.6 is 0 Å². The monoisotopic (exact) mass is 447 g/mol. The Bertz CT molecular complexity index is 992. The van der Waals surface area contributed by atoms with E-state index in [-0.39, 0.29) is 18.0 Å². The van der Waals surface area contributed by atoms with Gasteiger partial charge in [0.15, 0.2) is 15.8 Å². The Kier molecular flexibility index (Phi) is 7.67. The molecule has 0 radical (unpaired) electrons. The van der Waals surface area contributed by atoms with Crippen LogP contribution in [0, 0.1) is 5.82 Å². The number of hydrogen-bond donors (Lipinski definition) is 1. The first-order chi connectivity index (χ1) is 14.8. The highest BCUT2D eigenvalue weighted by Gasteiger charge is 2.28. The smallest absolute Gasteiger partial charge is 0.194 e. The van der Waals surface area contributed by atoms with Crippen molar-refractivity contribution in [2.24, 2.45) is 4.99 Å². The SMILES string of the molecule is CCNC(=NCCc1ccc(S(C)(=O)=O)cc1)N1CC(C)OC(c2ccc(F)cc2)C1. The van der Waals surface area contributed by atoms with Gasteiger partial charge in [0.25, 0.3) is 0 Å². The minimum atomic E-state index is -3.19. The van der Waals surface area contributed by atoms with Gasteiger partial charge < -0.3 is 15.0 Å². The molecule has 1 aliphatic rings. The summed E-state index contributed by atoms with van der Waals surface area (Å²) < 4.78 is 42.6. The summed E-state index contributed by atoms with van der Waals surface area (Å²) in [7, 11) is -3.19. The maximum Gasteiger partial charge on any atom is 0.194 e. The summed E-state index contributed by atoms with van der Waals surface area (Å²) in [6, 6.07) is 13.4. The normalized spacial score (nSPS) is 20.0. The van der Waals surface area contributed by atoms with E-state index in [9.17, 15) is 12.8 Å². The van der Waals surface area contributed by atoms with Crippen LogP contribution in [-0.4, -0.2) is 57.8 Å². The van der Waals surface area contributed by atoms with E-state index in [0.717, 1.165) is 23.6 Å². The molecular formula is C23H30FN3O3S. The Morgan fingerprint density at radius 3 is 2.45 bits per heavy atom. The maximum absolute atomic E-state index is 13.3. The Morgan fingerprint density at radius 1 is 1.16 bits per heavy atom. The molecule has 0 spiro atoms. The van der Waals surface area contributed by atoms with Crippen molar-refractivity contribution in [2.45, 2.75) is 37.4 Å². The minimum absolute atomic E-state index is 0.0104. The number of nitrogens with zero attached hydrogens (tertiary/aromatic N) is 2. The molecule has 1 saturated heterocycles. The molecule has 8 heteroatoms. The van der Waals surface area contributed by atoms with Crippen molar-refractivity contribution in [3.8, 4) is 0 Å². The maximum atomic E-state index is 13.3. The highest BCUT2D eigenvalue weighted by molar-refractivity contribution is 7.90. The number of guanidine groups is 1. The van der Waals surface area contributed by atoms with Crippen LogP contribution in [0.15, 0.2) is 58.4 Å². The molecule has 2 unspecified atom stereocenters. The number of rotatable bonds is 6. The van der Waals surface area contributed by atoms with Crippen LogP contribution in [0.1, 0.15) is 31.1 Å². The first-order valence-corrected chi connectivity index (χ1v) is 12.4.